The minimum atomic E-state index is -1.30. The highest BCUT2D eigenvalue weighted by Crippen LogP contribution is 2.32. The lowest BCUT2D eigenvalue weighted by Gasteiger charge is -2.43. The van der Waals surface area contributed by atoms with E-state index in [1.807, 2.05) is 51.1 Å². The van der Waals surface area contributed by atoms with Crippen molar-refractivity contribution >= 4 is 23.1 Å². The monoisotopic (exact) mass is 603 g/mol. The lowest BCUT2D eigenvalue weighted by atomic mass is 9.96. The van der Waals surface area contributed by atoms with Crippen LogP contribution in [0.1, 0.15) is 46.1 Å². The Labute approximate surface area is 255 Å². The number of imidazole rings is 1. The molecule has 2 saturated heterocycles. The van der Waals surface area contributed by atoms with Crippen LogP contribution in [0.3, 0.4) is 0 Å². The van der Waals surface area contributed by atoms with E-state index in [9.17, 15) is 9.59 Å². The molecule has 12 heteroatoms. The van der Waals surface area contributed by atoms with Crippen LogP contribution in [0.5, 0.6) is 11.5 Å². The van der Waals surface area contributed by atoms with Gasteiger partial charge in [-0.05, 0) is 76.4 Å². The number of likely N-dealkylation sites (tertiary alicyclic amines) is 2. The second-order valence-corrected chi connectivity index (χ2v) is 12.4. The van der Waals surface area contributed by atoms with Gasteiger partial charge in [0.15, 0.2) is 11.5 Å². The molecule has 0 saturated carbocycles. The van der Waals surface area contributed by atoms with Gasteiger partial charge in [0, 0.05) is 32.2 Å². The number of carbonyl (C=O) groups excluding carboxylic acids is 1. The van der Waals surface area contributed by atoms with E-state index in [4.69, 9.17) is 15.2 Å². The molecule has 2 aliphatic rings. The Morgan fingerprint density at radius 3 is 2.30 bits per heavy atom. The zero-order chi connectivity index (χ0) is 31.0. The molecule has 4 heterocycles. The van der Waals surface area contributed by atoms with E-state index in [1.165, 1.54) is 15.5 Å². The van der Waals surface area contributed by atoms with E-state index in [1.54, 1.807) is 29.2 Å². The smallest absolute Gasteiger partial charge is 0.410 e. The SMILES string of the molecule is CC(C)(C)OC(=O)N1CCC(N2CC[C@@H](n3c(=O)n(-c4ccc(Oc5ccccc5)cc4)c4c(N)ncnc43)[C@@H](F)C2)CC1. The van der Waals surface area contributed by atoms with Gasteiger partial charge in [-0.1, -0.05) is 18.2 Å². The van der Waals surface area contributed by atoms with Gasteiger partial charge in [-0.25, -0.2) is 23.9 Å². The van der Waals surface area contributed by atoms with Crippen LogP contribution in [0.2, 0.25) is 0 Å². The van der Waals surface area contributed by atoms with Gasteiger partial charge in [0.05, 0.1) is 11.7 Å². The molecule has 2 fully saturated rings. The van der Waals surface area contributed by atoms with Gasteiger partial charge in [-0.2, -0.15) is 0 Å². The van der Waals surface area contributed by atoms with Crippen LogP contribution in [0.15, 0.2) is 65.7 Å². The number of amides is 1. The van der Waals surface area contributed by atoms with E-state index >= 15 is 4.39 Å². The Hall–Kier alpha value is -4.45. The minimum absolute atomic E-state index is 0.139. The minimum Gasteiger partial charge on any atom is -0.457 e. The van der Waals surface area contributed by atoms with Crippen molar-refractivity contribution in [3.63, 3.8) is 0 Å². The number of para-hydroxylation sites is 1. The molecule has 232 valence electrons. The van der Waals surface area contributed by atoms with E-state index in [-0.39, 0.29) is 24.5 Å². The number of nitrogens with two attached hydrogens (primary N) is 1. The zero-order valence-corrected chi connectivity index (χ0v) is 25.2. The first-order valence-corrected chi connectivity index (χ1v) is 15.0. The summed E-state index contributed by atoms with van der Waals surface area (Å²) in [6.45, 7) is 7.49. The molecule has 0 unspecified atom stereocenters. The summed E-state index contributed by atoms with van der Waals surface area (Å²) in [5, 5.41) is 0. The Morgan fingerprint density at radius 2 is 1.64 bits per heavy atom. The summed E-state index contributed by atoms with van der Waals surface area (Å²) >= 11 is 0. The van der Waals surface area contributed by atoms with Gasteiger partial charge in [0.25, 0.3) is 0 Å². The second-order valence-electron chi connectivity index (χ2n) is 12.4. The lowest BCUT2D eigenvalue weighted by Crippen LogP contribution is -2.53. The number of hydrogen-bond acceptors (Lipinski definition) is 8. The molecular weight excluding hydrogens is 565 g/mol. The number of ether oxygens (including phenoxy) is 2. The summed E-state index contributed by atoms with van der Waals surface area (Å²) in [7, 11) is 0. The normalized spacial score (nSPS) is 20.1. The second kappa shape index (κ2) is 11.9. The molecule has 2 aromatic carbocycles. The third-order valence-electron chi connectivity index (χ3n) is 8.26. The average molecular weight is 604 g/mol. The quantitative estimate of drug-likeness (QED) is 0.341. The maximum absolute atomic E-state index is 16.0. The van der Waals surface area contributed by atoms with Crippen molar-refractivity contribution in [3.05, 3.63) is 71.4 Å². The topological polar surface area (TPSA) is 121 Å². The summed E-state index contributed by atoms with van der Waals surface area (Å²) in [6.07, 6.45) is 1.60. The molecule has 2 aromatic heterocycles. The van der Waals surface area contributed by atoms with Gasteiger partial charge >= 0.3 is 11.8 Å². The highest BCUT2D eigenvalue weighted by molar-refractivity contribution is 5.84. The van der Waals surface area contributed by atoms with Crippen LogP contribution in [0.4, 0.5) is 15.0 Å². The molecule has 44 heavy (non-hydrogen) atoms. The molecule has 4 aromatic rings. The van der Waals surface area contributed by atoms with Crippen molar-refractivity contribution in [1.82, 2.24) is 28.9 Å². The van der Waals surface area contributed by atoms with Crippen LogP contribution >= 0.6 is 0 Å². The van der Waals surface area contributed by atoms with Crippen molar-refractivity contribution in [1.29, 1.82) is 0 Å². The zero-order valence-electron chi connectivity index (χ0n) is 25.2. The van der Waals surface area contributed by atoms with Crippen LogP contribution in [-0.2, 0) is 4.74 Å². The van der Waals surface area contributed by atoms with Gasteiger partial charge < -0.3 is 20.1 Å². The van der Waals surface area contributed by atoms with Crippen molar-refractivity contribution in [2.24, 2.45) is 0 Å². The maximum Gasteiger partial charge on any atom is 0.410 e. The van der Waals surface area contributed by atoms with E-state index in [0.717, 1.165) is 12.8 Å². The number of rotatable bonds is 5. The van der Waals surface area contributed by atoms with Gasteiger partial charge in [0.1, 0.15) is 35.1 Å². The fourth-order valence-corrected chi connectivity index (χ4v) is 6.17. The molecule has 0 spiro atoms. The number of halogens is 1. The number of carbonyl (C=O) groups is 1. The molecule has 2 atom stereocenters. The van der Waals surface area contributed by atoms with E-state index in [2.05, 4.69) is 14.9 Å². The first kappa shape index (κ1) is 29.6. The number of piperidine rings is 2. The Bertz CT molecular complexity index is 1680. The third-order valence-corrected chi connectivity index (χ3v) is 8.26. The Kier molecular flexibility index (Phi) is 8.02. The number of nitrogen functional groups attached to an aromatic ring is 1. The van der Waals surface area contributed by atoms with Crippen molar-refractivity contribution in [3.8, 4) is 17.2 Å². The molecule has 0 radical (unpaired) electrons. The van der Waals surface area contributed by atoms with Crippen LogP contribution in [-0.4, -0.2) is 79.0 Å². The number of anilines is 1. The third kappa shape index (κ3) is 5.99. The predicted molar refractivity (Wildman–Crippen MR) is 165 cm³/mol. The van der Waals surface area contributed by atoms with Gasteiger partial charge in [-0.3, -0.25) is 14.0 Å². The highest BCUT2D eigenvalue weighted by atomic mass is 19.1. The summed E-state index contributed by atoms with van der Waals surface area (Å²) < 4.78 is 30.3. The molecule has 2 N–H and O–H groups in total. The highest BCUT2D eigenvalue weighted by Gasteiger charge is 2.38. The Balaban J connectivity index is 1.20. The maximum atomic E-state index is 16.0. The summed E-state index contributed by atoms with van der Waals surface area (Å²) in [4.78, 5) is 38.8. The standard InChI is InChI=1S/C32H38FN7O4/c1-32(2,3)44-31(42)37-16-13-21(14-17-37)38-18-15-26(25(33)19-38)40-29-27(28(34)35-20-36-29)39(30(40)41)22-9-11-24(12-10-22)43-23-7-5-4-6-8-23/h4-12,20-21,25-26H,13-19H2,1-3H3,(H2,34,35,36)/t25-,26+/m0/s1. The number of aromatic nitrogens is 4. The van der Waals surface area contributed by atoms with Crippen molar-refractivity contribution in [2.75, 3.05) is 31.9 Å². The van der Waals surface area contributed by atoms with E-state index in [0.29, 0.717) is 54.4 Å². The van der Waals surface area contributed by atoms with Gasteiger partial charge in [-0.15, -0.1) is 0 Å². The summed E-state index contributed by atoms with van der Waals surface area (Å²) in [6, 6.07) is 15.9. The number of alkyl halides is 1. The molecule has 2 aliphatic heterocycles. The number of fused-ring (bicyclic) bond motifs is 1. The molecule has 0 bridgehead atoms. The first-order valence-electron chi connectivity index (χ1n) is 15.0. The molecule has 1 amide bonds. The number of hydrogen-bond donors (Lipinski definition) is 1. The first-order chi connectivity index (χ1) is 21.1. The van der Waals surface area contributed by atoms with Crippen molar-refractivity contribution < 1.29 is 18.7 Å². The molecule has 6 rings (SSSR count). The molecule has 0 aliphatic carbocycles. The van der Waals surface area contributed by atoms with Crippen LogP contribution in [0, 0.1) is 0 Å². The number of nitrogens with zero attached hydrogens (tertiary/aromatic N) is 6. The van der Waals surface area contributed by atoms with Crippen molar-refractivity contribution in [2.45, 2.75) is 63.9 Å². The van der Waals surface area contributed by atoms with E-state index < -0.39 is 23.5 Å². The fourth-order valence-electron chi connectivity index (χ4n) is 6.17. The fraction of sp³-hybridized carbons (Fsp3) is 0.438. The van der Waals surface area contributed by atoms with Crippen LogP contribution < -0.4 is 16.2 Å². The van der Waals surface area contributed by atoms with Crippen LogP contribution in [0.25, 0.3) is 16.9 Å². The Morgan fingerprint density at radius 1 is 0.955 bits per heavy atom. The molecule has 11 nitrogen and oxygen atoms in total. The van der Waals surface area contributed by atoms with Gasteiger partial charge in [0.2, 0.25) is 0 Å². The molecular formula is C32H38FN7O4. The summed E-state index contributed by atoms with van der Waals surface area (Å²) in [5.74, 6) is 1.44. The summed E-state index contributed by atoms with van der Waals surface area (Å²) in [5.41, 5.74) is 6.50. The lowest BCUT2D eigenvalue weighted by molar-refractivity contribution is 0.00494. The average Bonchev–Trinajstić information content (AvgIpc) is 3.30. The largest absolute Gasteiger partial charge is 0.457 e. The number of benzene rings is 2. The predicted octanol–water partition coefficient (Wildman–Crippen LogP) is 4.94.